The molecule has 3 N–H and O–H groups in total. The van der Waals surface area contributed by atoms with Crippen LogP contribution in [0, 0.1) is 0 Å². The van der Waals surface area contributed by atoms with Crippen molar-refractivity contribution in [3.8, 4) is 0 Å². The molecule has 24 heavy (non-hydrogen) atoms. The van der Waals surface area contributed by atoms with Crippen LogP contribution in [0.5, 0.6) is 0 Å². The highest BCUT2D eigenvalue weighted by molar-refractivity contribution is 5.88. The van der Waals surface area contributed by atoms with Gasteiger partial charge in [0.05, 0.1) is 18.7 Å². The van der Waals surface area contributed by atoms with Crippen LogP contribution in [0.15, 0.2) is 24.3 Å². The first kappa shape index (κ1) is 16.6. The van der Waals surface area contributed by atoms with Crippen LogP contribution in [0.2, 0.25) is 0 Å². The summed E-state index contributed by atoms with van der Waals surface area (Å²) in [4.78, 5) is 23.6. The molecule has 1 saturated heterocycles. The van der Waals surface area contributed by atoms with Gasteiger partial charge in [-0.15, -0.1) is 0 Å². The fourth-order valence-corrected chi connectivity index (χ4v) is 3.51. The van der Waals surface area contributed by atoms with Gasteiger partial charge in [-0.1, -0.05) is 12.1 Å². The van der Waals surface area contributed by atoms with Crippen LogP contribution >= 0.6 is 0 Å². The molecule has 1 aliphatic heterocycles. The van der Waals surface area contributed by atoms with Crippen LogP contribution in [-0.4, -0.2) is 53.6 Å². The Hall–Kier alpha value is -2.25. The SMILES string of the molecule is CNC(=O)C1(COC)CCCN1Cc1nc(N)c2ccccc2n1. The number of likely N-dealkylation sites (N-methyl/N-ethyl adjacent to an activating group) is 1. The second-order valence-electron chi connectivity index (χ2n) is 6.11. The van der Waals surface area contributed by atoms with Crippen LogP contribution in [0.3, 0.4) is 0 Å². The third-order valence-electron chi connectivity index (χ3n) is 4.67. The molecule has 128 valence electrons. The molecular weight excluding hydrogens is 306 g/mol. The zero-order chi connectivity index (χ0) is 17.2. The summed E-state index contributed by atoms with van der Waals surface area (Å²) in [6.45, 7) is 1.61. The highest BCUT2D eigenvalue weighted by atomic mass is 16.5. The zero-order valence-electron chi connectivity index (χ0n) is 14.1. The second kappa shape index (κ2) is 6.70. The van der Waals surface area contributed by atoms with E-state index in [4.69, 9.17) is 10.5 Å². The Morgan fingerprint density at radius 2 is 2.21 bits per heavy atom. The number of nitrogens with one attached hydrogen (secondary N) is 1. The molecular formula is C17H23N5O2. The van der Waals surface area contributed by atoms with Crippen molar-refractivity contribution in [3.63, 3.8) is 0 Å². The molecule has 0 bridgehead atoms. The Morgan fingerprint density at radius 3 is 2.96 bits per heavy atom. The predicted octanol–water partition coefficient (Wildman–Crippen LogP) is 0.939. The van der Waals surface area contributed by atoms with Gasteiger partial charge in [0.25, 0.3) is 0 Å². The molecule has 0 spiro atoms. The number of nitrogens with zero attached hydrogens (tertiary/aromatic N) is 3. The maximum absolute atomic E-state index is 12.5. The smallest absolute Gasteiger partial charge is 0.242 e. The number of amides is 1. The van der Waals surface area contributed by atoms with Gasteiger partial charge < -0.3 is 15.8 Å². The number of benzene rings is 1. The van der Waals surface area contributed by atoms with E-state index in [1.54, 1.807) is 14.2 Å². The van der Waals surface area contributed by atoms with E-state index in [0.29, 0.717) is 24.8 Å². The van der Waals surface area contributed by atoms with E-state index in [-0.39, 0.29) is 5.91 Å². The molecule has 1 atom stereocenters. The number of hydrogen-bond donors (Lipinski definition) is 2. The number of likely N-dealkylation sites (tertiary alicyclic amines) is 1. The summed E-state index contributed by atoms with van der Waals surface area (Å²) in [6.07, 6.45) is 1.68. The Kier molecular flexibility index (Phi) is 4.64. The Bertz CT molecular complexity index is 751. The third kappa shape index (κ3) is 2.81. The average molecular weight is 329 g/mol. The molecule has 1 unspecified atom stereocenters. The fraction of sp³-hybridized carbons (Fsp3) is 0.471. The molecule has 7 heteroatoms. The lowest BCUT2D eigenvalue weighted by atomic mass is 9.96. The van der Waals surface area contributed by atoms with Crippen LogP contribution in [0.4, 0.5) is 5.82 Å². The molecule has 1 amide bonds. The van der Waals surface area contributed by atoms with Crippen LogP contribution < -0.4 is 11.1 Å². The van der Waals surface area contributed by atoms with E-state index in [0.717, 1.165) is 30.3 Å². The number of hydrogen-bond acceptors (Lipinski definition) is 6. The van der Waals surface area contributed by atoms with Gasteiger partial charge in [-0.3, -0.25) is 9.69 Å². The first-order valence-electron chi connectivity index (χ1n) is 8.08. The first-order chi connectivity index (χ1) is 11.6. The number of methoxy groups -OCH3 is 1. The average Bonchev–Trinajstić information content (AvgIpc) is 2.98. The molecule has 7 nitrogen and oxygen atoms in total. The molecule has 1 fully saturated rings. The summed E-state index contributed by atoms with van der Waals surface area (Å²) in [5.41, 5.74) is 6.21. The first-order valence-corrected chi connectivity index (χ1v) is 8.08. The summed E-state index contributed by atoms with van der Waals surface area (Å²) < 4.78 is 5.35. The van der Waals surface area contributed by atoms with Gasteiger partial charge in [0.15, 0.2) is 0 Å². The van der Waals surface area contributed by atoms with Crippen molar-refractivity contribution in [2.45, 2.75) is 24.9 Å². The van der Waals surface area contributed by atoms with Gasteiger partial charge in [-0.25, -0.2) is 9.97 Å². The minimum absolute atomic E-state index is 0.0318. The quantitative estimate of drug-likeness (QED) is 0.848. The standard InChI is InChI=1S/C17H23N5O2/c1-19-16(23)17(11-24-2)8-5-9-22(17)10-14-20-13-7-4-3-6-12(13)15(18)21-14/h3-4,6-7H,5,8-11H2,1-2H3,(H,19,23)(H2,18,20,21). The van der Waals surface area contributed by atoms with Gasteiger partial charge in [-0.05, 0) is 31.5 Å². The maximum atomic E-state index is 12.5. The molecule has 2 heterocycles. The van der Waals surface area contributed by atoms with Gasteiger partial charge in [-0.2, -0.15) is 0 Å². The number of rotatable bonds is 5. The lowest BCUT2D eigenvalue weighted by molar-refractivity contribution is -0.135. The van der Waals surface area contributed by atoms with Crippen molar-refractivity contribution in [3.05, 3.63) is 30.1 Å². The Morgan fingerprint density at radius 1 is 1.42 bits per heavy atom. The molecule has 2 aromatic rings. The van der Waals surface area contributed by atoms with Gasteiger partial charge in [0.1, 0.15) is 17.2 Å². The van der Waals surface area contributed by atoms with Crippen molar-refractivity contribution < 1.29 is 9.53 Å². The van der Waals surface area contributed by atoms with Gasteiger partial charge >= 0.3 is 0 Å². The minimum Gasteiger partial charge on any atom is -0.383 e. The van der Waals surface area contributed by atoms with Crippen molar-refractivity contribution in [1.82, 2.24) is 20.2 Å². The lowest BCUT2D eigenvalue weighted by Gasteiger charge is -2.35. The topological polar surface area (TPSA) is 93.4 Å². The fourth-order valence-electron chi connectivity index (χ4n) is 3.51. The number of nitrogen functional groups attached to an aromatic ring is 1. The minimum atomic E-state index is -0.673. The molecule has 0 radical (unpaired) electrons. The monoisotopic (exact) mass is 329 g/mol. The van der Waals surface area contributed by atoms with Crippen molar-refractivity contribution in [1.29, 1.82) is 0 Å². The third-order valence-corrected chi connectivity index (χ3v) is 4.67. The number of aromatic nitrogens is 2. The summed E-state index contributed by atoms with van der Waals surface area (Å²) in [5.74, 6) is 1.06. The summed E-state index contributed by atoms with van der Waals surface area (Å²) in [7, 11) is 3.27. The van der Waals surface area contributed by atoms with Crippen LogP contribution in [0.1, 0.15) is 18.7 Å². The number of para-hydroxylation sites is 1. The highest BCUT2D eigenvalue weighted by Gasteiger charge is 2.47. The van der Waals surface area contributed by atoms with E-state index < -0.39 is 5.54 Å². The number of carbonyl (C=O) groups excluding carboxylic acids is 1. The Labute approximate surface area is 141 Å². The molecule has 1 aliphatic rings. The van der Waals surface area contributed by atoms with E-state index in [1.807, 2.05) is 24.3 Å². The summed E-state index contributed by atoms with van der Waals surface area (Å²) >= 11 is 0. The zero-order valence-corrected chi connectivity index (χ0v) is 14.1. The molecule has 1 aromatic carbocycles. The van der Waals surface area contributed by atoms with Crippen LogP contribution in [0.25, 0.3) is 10.9 Å². The molecule has 0 aliphatic carbocycles. The molecule has 0 saturated carbocycles. The maximum Gasteiger partial charge on any atom is 0.242 e. The van der Waals surface area contributed by atoms with Gasteiger partial charge in [0.2, 0.25) is 5.91 Å². The van der Waals surface area contributed by atoms with Crippen molar-refractivity contribution >= 4 is 22.6 Å². The largest absolute Gasteiger partial charge is 0.383 e. The van der Waals surface area contributed by atoms with E-state index in [1.165, 1.54) is 0 Å². The molecule has 1 aromatic heterocycles. The van der Waals surface area contributed by atoms with Gasteiger partial charge in [0, 0.05) is 19.5 Å². The second-order valence-corrected chi connectivity index (χ2v) is 6.11. The number of anilines is 1. The summed E-state index contributed by atoms with van der Waals surface area (Å²) in [5, 5.41) is 3.61. The van der Waals surface area contributed by atoms with Crippen LogP contribution in [-0.2, 0) is 16.1 Å². The predicted molar refractivity (Wildman–Crippen MR) is 92.3 cm³/mol. The normalized spacial score (nSPS) is 21.2. The van der Waals surface area contributed by atoms with Crippen molar-refractivity contribution in [2.75, 3.05) is 33.0 Å². The highest BCUT2D eigenvalue weighted by Crippen LogP contribution is 2.31. The Balaban J connectivity index is 1.93. The number of carbonyl (C=O) groups is 1. The lowest BCUT2D eigenvalue weighted by Crippen LogP contribution is -2.57. The van der Waals surface area contributed by atoms with E-state index in [2.05, 4.69) is 20.2 Å². The van der Waals surface area contributed by atoms with E-state index in [9.17, 15) is 4.79 Å². The molecule has 3 rings (SSSR count). The summed E-state index contributed by atoms with van der Waals surface area (Å²) in [6, 6.07) is 7.66. The number of nitrogens with two attached hydrogens (primary N) is 1. The van der Waals surface area contributed by atoms with Crippen molar-refractivity contribution in [2.24, 2.45) is 0 Å². The van der Waals surface area contributed by atoms with E-state index >= 15 is 0 Å². The number of fused-ring (bicyclic) bond motifs is 1. The number of ether oxygens (including phenoxy) is 1.